The lowest BCUT2D eigenvalue weighted by atomic mass is 10.1. The van der Waals surface area contributed by atoms with Gasteiger partial charge in [-0.3, -0.25) is 0 Å². The molecule has 0 unspecified atom stereocenters. The minimum atomic E-state index is -3.05. The molecular weight excluding hydrogens is 248 g/mol. The minimum Gasteiger partial charge on any atom is -0.315 e. The van der Waals surface area contributed by atoms with Crippen LogP contribution in [0.4, 0.5) is 0 Å². The van der Waals surface area contributed by atoms with E-state index in [0.717, 1.165) is 25.8 Å². The number of unbranched alkanes of at least 4 members (excludes halogenated alkanes) is 1. The number of hydrogen-bond donors (Lipinski definition) is 2. The second kappa shape index (κ2) is 8.24. The Balaban J connectivity index is 1.93. The summed E-state index contributed by atoms with van der Waals surface area (Å²) in [6, 6.07) is 10.4. The first-order chi connectivity index (χ1) is 8.58. The predicted molar refractivity (Wildman–Crippen MR) is 75.1 cm³/mol. The van der Waals surface area contributed by atoms with Gasteiger partial charge in [0.2, 0.25) is 10.0 Å². The van der Waals surface area contributed by atoms with Crippen LogP contribution in [0.5, 0.6) is 0 Å². The average molecular weight is 270 g/mol. The topological polar surface area (TPSA) is 58.2 Å². The molecular formula is C13H22N2O2S. The third-order valence-corrected chi connectivity index (χ3v) is 3.31. The van der Waals surface area contributed by atoms with E-state index in [4.69, 9.17) is 0 Å². The van der Waals surface area contributed by atoms with Crippen molar-refractivity contribution in [2.45, 2.75) is 19.3 Å². The van der Waals surface area contributed by atoms with Crippen molar-refractivity contribution in [3.8, 4) is 0 Å². The van der Waals surface area contributed by atoms with Crippen molar-refractivity contribution in [1.29, 1.82) is 0 Å². The van der Waals surface area contributed by atoms with Gasteiger partial charge in [0.25, 0.3) is 0 Å². The maximum atomic E-state index is 10.8. The molecule has 0 aromatic heterocycles. The van der Waals surface area contributed by atoms with Crippen molar-refractivity contribution >= 4 is 10.0 Å². The molecule has 0 spiro atoms. The highest BCUT2D eigenvalue weighted by Gasteiger charge is 1.98. The second-order valence-corrected chi connectivity index (χ2v) is 6.19. The van der Waals surface area contributed by atoms with E-state index in [-0.39, 0.29) is 0 Å². The van der Waals surface area contributed by atoms with Gasteiger partial charge in [-0.2, -0.15) is 0 Å². The Morgan fingerprint density at radius 3 is 2.39 bits per heavy atom. The molecule has 1 aromatic rings. The lowest BCUT2D eigenvalue weighted by molar-refractivity contribution is 0.577. The smallest absolute Gasteiger partial charge is 0.208 e. The molecule has 0 amide bonds. The van der Waals surface area contributed by atoms with E-state index in [1.54, 1.807) is 0 Å². The zero-order valence-electron chi connectivity index (χ0n) is 10.9. The Bertz CT molecular complexity index is 418. The van der Waals surface area contributed by atoms with Crippen LogP contribution >= 0.6 is 0 Å². The number of sulfonamides is 1. The Morgan fingerprint density at radius 1 is 1.00 bits per heavy atom. The van der Waals surface area contributed by atoms with Gasteiger partial charge < -0.3 is 5.32 Å². The summed E-state index contributed by atoms with van der Waals surface area (Å²) in [5.41, 5.74) is 1.37. The molecule has 1 rings (SSSR count). The van der Waals surface area contributed by atoms with Gasteiger partial charge in [0.05, 0.1) is 6.26 Å². The molecule has 0 radical (unpaired) electrons. The summed E-state index contributed by atoms with van der Waals surface area (Å²) in [5.74, 6) is 0. The van der Waals surface area contributed by atoms with Crippen LogP contribution in [0.2, 0.25) is 0 Å². The summed E-state index contributed by atoms with van der Waals surface area (Å²) in [4.78, 5) is 0. The summed E-state index contributed by atoms with van der Waals surface area (Å²) in [7, 11) is -3.05. The van der Waals surface area contributed by atoms with Crippen molar-refractivity contribution in [2.24, 2.45) is 0 Å². The van der Waals surface area contributed by atoms with Crippen molar-refractivity contribution in [3.05, 3.63) is 35.9 Å². The average Bonchev–Trinajstić information content (AvgIpc) is 2.32. The molecule has 0 saturated carbocycles. The minimum absolute atomic E-state index is 0.456. The van der Waals surface area contributed by atoms with Crippen LogP contribution in [-0.4, -0.2) is 34.3 Å². The first-order valence-corrected chi connectivity index (χ1v) is 8.16. The summed E-state index contributed by atoms with van der Waals surface area (Å²) < 4.78 is 24.0. The van der Waals surface area contributed by atoms with E-state index in [9.17, 15) is 8.42 Å². The lowest BCUT2D eigenvalue weighted by Crippen LogP contribution is -2.31. The molecule has 1 aromatic carbocycles. The van der Waals surface area contributed by atoms with Crippen LogP contribution in [0, 0.1) is 0 Å². The molecule has 0 fully saturated rings. The van der Waals surface area contributed by atoms with Gasteiger partial charge in [-0.25, -0.2) is 13.1 Å². The zero-order valence-corrected chi connectivity index (χ0v) is 11.7. The van der Waals surface area contributed by atoms with E-state index < -0.39 is 10.0 Å². The first kappa shape index (κ1) is 15.1. The van der Waals surface area contributed by atoms with Gasteiger partial charge in [-0.1, -0.05) is 30.3 Å². The maximum Gasteiger partial charge on any atom is 0.208 e. The van der Waals surface area contributed by atoms with E-state index in [1.807, 2.05) is 6.07 Å². The van der Waals surface area contributed by atoms with Gasteiger partial charge in [0.15, 0.2) is 0 Å². The van der Waals surface area contributed by atoms with Crippen LogP contribution in [0.15, 0.2) is 30.3 Å². The van der Waals surface area contributed by atoms with Crippen LogP contribution in [-0.2, 0) is 16.4 Å². The molecule has 0 bridgehead atoms. The quantitative estimate of drug-likeness (QED) is 0.662. The largest absolute Gasteiger partial charge is 0.315 e. The molecule has 2 N–H and O–H groups in total. The van der Waals surface area contributed by atoms with Crippen LogP contribution < -0.4 is 10.0 Å². The van der Waals surface area contributed by atoms with Crippen molar-refractivity contribution < 1.29 is 8.42 Å². The highest BCUT2D eigenvalue weighted by Crippen LogP contribution is 2.03. The number of aryl methyl sites for hydroxylation is 1. The molecule has 0 aliphatic heterocycles. The maximum absolute atomic E-state index is 10.8. The van der Waals surface area contributed by atoms with Gasteiger partial charge in [0.1, 0.15) is 0 Å². The fourth-order valence-corrected chi connectivity index (χ4v) is 2.15. The molecule has 0 aliphatic carbocycles. The SMILES string of the molecule is CS(=O)(=O)NCCNCCCCc1ccccc1. The van der Waals surface area contributed by atoms with Gasteiger partial charge >= 0.3 is 0 Å². The van der Waals surface area contributed by atoms with E-state index in [2.05, 4.69) is 34.3 Å². The van der Waals surface area contributed by atoms with Crippen LogP contribution in [0.3, 0.4) is 0 Å². The number of benzene rings is 1. The van der Waals surface area contributed by atoms with Crippen molar-refractivity contribution in [3.63, 3.8) is 0 Å². The summed E-state index contributed by atoms with van der Waals surface area (Å²) >= 11 is 0. The van der Waals surface area contributed by atoms with Gasteiger partial charge in [-0.05, 0) is 31.4 Å². The Labute approximate surface area is 110 Å². The third-order valence-electron chi connectivity index (χ3n) is 2.58. The molecule has 0 aliphatic rings. The van der Waals surface area contributed by atoms with Crippen molar-refractivity contribution in [1.82, 2.24) is 10.0 Å². The highest BCUT2D eigenvalue weighted by molar-refractivity contribution is 7.88. The summed E-state index contributed by atoms with van der Waals surface area (Å²) in [6.07, 6.45) is 4.53. The summed E-state index contributed by atoms with van der Waals surface area (Å²) in [5, 5.41) is 3.22. The number of nitrogens with one attached hydrogen (secondary N) is 2. The Morgan fingerprint density at radius 2 is 1.72 bits per heavy atom. The molecule has 0 saturated heterocycles. The molecule has 0 heterocycles. The number of rotatable bonds is 9. The fourth-order valence-electron chi connectivity index (χ4n) is 1.67. The zero-order chi connectivity index (χ0) is 13.3. The molecule has 5 heteroatoms. The summed E-state index contributed by atoms with van der Waals surface area (Å²) in [6.45, 7) is 2.06. The predicted octanol–water partition coefficient (Wildman–Crippen LogP) is 1.15. The van der Waals surface area contributed by atoms with E-state index >= 15 is 0 Å². The monoisotopic (exact) mass is 270 g/mol. The highest BCUT2D eigenvalue weighted by atomic mass is 32.2. The normalized spacial score (nSPS) is 11.6. The van der Waals surface area contributed by atoms with Crippen molar-refractivity contribution in [2.75, 3.05) is 25.9 Å². The second-order valence-electron chi connectivity index (χ2n) is 4.36. The standard InChI is InChI=1S/C13H22N2O2S/c1-18(16,17)15-12-11-14-10-6-5-9-13-7-3-2-4-8-13/h2-4,7-8,14-15H,5-6,9-12H2,1H3. The van der Waals surface area contributed by atoms with Gasteiger partial charge in [0, 0.05) is 13.1 Å². The van der Waals surface area contributed by atoms with Gasteiger partial charge in [-0.15, -0.1) is 0 Å². The van der Waals surface area contributed by atoms with E-state index in [1.165, 1.54) is 11.8 Å². The third kappa shape index (κ3) is 8.22. The molecule has 0 atom stereocenters. The van der Waals surface area contributed by atoms with Crippen LogP contribution in [0.1, 0.15) is 18.4 Å². The first-order valence-electron chi connectivity index (χ1n) is 6.27. The molecule has 4 nitrogen and oxygen atoms in total. The molecule has 18 heavy (non-hydrogen) atoms. The fraction of sp³-hybridized carbons (Fsp3) is 0.538. The molecule has 102 valence electrons. The number of hydrogen-bond acceptors (Lipinski definition) is 3. The lowest BCUT2D eigenvalue weighted by Gasteiger charge is -2.05. The van der Waals surface area contributed by atoms with E-state index in [0.29, 0.717) is 13.1 Å². The van der Waals surface area contributed by atoms with Crippen LogP contribution in [0.25, 0.3) is 0 Å². The Kier molecular flexibility index (Phi) is 6.93. The Hall–Kier alpha value is -0.910.